The maximum Gasteiger partial charge on any atom is 0.239 e. The highest BCUT2D eigenvalue weighted by atomic mass is 35.5. The van der Waals surface area contributed by atoms with Gasteiger partial charge in [0.15, 0.2) is 0 Å². The zero-order valence-electron chi connectivity index (χ0n) is 13.1. The van der Waals surface area contributed by atoms with Gasteiger partial charge in [0.2, 0.25) is 11.8 Å². The lowest BCUT2D eigenvalue weighted by atomic mass is 9.88. The van der Waals surface area contributed by atoms with E-state index in [-0.39, 0.29) is 17.9 Å². The Morgan fingerprint density at radius 2 is 1.64 bits per heavy atom. The van der Waals surface area contributed by atoms with Gasteiger partial charge in [0, 0.05) is 16.8 Å². The van der Waals surface area contributed by atoms with Gasteiger partial charge in [-0.05, 0) is 51.0 Å². The van der Waals surface area contributed by atoms with Crippen molar-refractivity contribution in [2.45, 2.75) is 52.0 Å². The lowest BCUT2D eigenvalue weighted by Gasteiger charge is -2.28. The van der Waals surface area contributed by atoms with Crippen LogP contribution >= 0.6 is 11.6 Å². The van der Waals surface area contributed by atoms with Crippen molar-refractivity contribution in [3.8, 4) is 0 Å². The van der Waals surface area contributed by atoms with E-state index < -0.39 is 5.41 Å². The van der Waals surface area contributed by atoms with E-state index in [0.29, 0.717) is 10.7 Å². The number of carbonyl (C=O) groups is 2. The standard InChI is InChI=1S/C17H23ClN2O2/c1-17(2,15(21)19-13-6-4-3-5-7-13)16(22)20-14-10-8-12(18)9-11-14/h8-11,13H,3-7H2,1-2H3,(H,19,21)(H,20,22). The van der Waals surface area contributed by atoms with Crippen molar-refractivity contribution in [3.63, 3.8) is 0 Å². The van der Waals surface area contributed by atoms with Gasteiger partial charge in [0.05, 0.1) is 0 Å². The van der Waals surface area contributed by atoms with E-state index in [4.69, 9.17) is 11.6 Å². The second-order valence-corrected chi connectivity index (χ2v) is 6.83. The molecule has 0 unspecified atom stereocenters. The maximum absolute atomic E-state index is 12.4. The molecule has 0 bridgehead atoms. The molecule has 0 aliphatic heterocycles. The van der Waals surface area contributed by atoms with Crippen LogP contribution in [0.5, 0.6) is 0 Å². The highest BCUT2D eigenvalue weighted by Gasteiger charge is 2.37. The van der Waals surface area contributed by atoms with E-state index in [2.05, 4.69) is 10.6 Å². The molecule has 2 amide bonds. The lowest BCUT2D eigenvalue weighted by Crippen LogP contribution is -2.49. The molecule has 1 aliphatic rings. The Balaban J connectivity index is 1.96. The fraction of sp³-hybridized carbons (Fsp3) is 0.529. The summed E-state index contributed by atoms with van der Waals surface area (Å²) in [6.07, 6.45) is 5.51. The Hall–Kier alpha value is -1.55. The highest BCUT2D eigenvalue weighted by Crippen LogP contribution is 2.23. The Morgan fingerprint density at radius 3 is 2.23 bits per heavy atom. The zero-order valence-corrected chi connectivity index (χ0v) is 13.9. The van der Waals surface area contributed by atoms with Crippen molar-refractivity contribution in [2.24, 2.45) is 5.41 Å². The number of rotatable bonds is 4. The SMILES string of the molecule is CC(C)(C(=O)Nc1ccc(Cl)cc1)C(=O)NC1CCCCC1. The third kappa shape index (κ3) is 4.23. The summed E-state index contributed by atoms with van der Waals surface area (Å²) in [5, 5.41) is 6.39. The molecule has 120 valence electrons. The fourth-order valence-electron chi connectivity index (χ4n) is 2.54. The largest absolute Gasteiger partial charge is 0.352 e. The summed E-state index contributed by atoms with van der Waals surface area (Å²) < 4.78 is 0. The molecule has 0 heterocycles. The summed E-state index contributed by atoms with van der Waals surface area (Å²) >= 11 is 5.82. The van der Waals surface area contributed by atoms with E-state index in [1.54, 1.807) is 38.1 Å². The van der Waals surface area contributed by atoms with Gasteiger partial charge < -0.3 is 10.6 Å². The van der Waals surface area contributed by atoms with Crippen LogP contribution < -0.4 is 10.6 Å². The smallest absolute Gasteiger partial charge is 0.239 e. The van der Waals surface area contributed by atoms with Crippen LogP contribution in [0, 0.1) is 5.41 Å². The van der Waals surface area contributed by atoms with E-state index >= 15 is 0 Å². The summed E-state index contributed by atoms with van der Waals surface area (Å²) in [6, 6.07) is 7.03. The minimum atomic E-state index is -1.11. The third-order valence-corrected chi connectivity index (χ3v) is 4.43. The number of nitrogens with one attached hydrogen (secondary N) is 2. The lowest BCUT2D eigenvalue weighted by molar-refractivity contribution is -0.139. The number of halogens is 1. The minimum absolute atomic E-state index is 0.198. The van der Waals surface area contributed by atoms with Crippen molar-refractivity contribution in [2.75, 3.05) is 5.32 Å². The quantitative estimate of drug-likeness (QED) is 0.829. The predicted molar refractivity (Wildman–Crippen MR) is 88.9 cm³/mol. The molecule has 1 aromatic carbocycles. The molecule has 1 fully saturated rings. The number of amides is 2. The first kappa shape index (κ1) is 16.8. The maximum atomic E-state index is 12.4. The minimum Gasteiger partial charge on any atom is -0.352 e. The molecule has 1 aromatic rings. The number of hydrogen-bond acceptors (Lipinski definition) is 2. The number of hydrogen-bond donors (Lipinski definition) is 2. The second kappa shape index (κ2) is 7.14. The average molecular weight is 323 g/mol. The summed E-state index contributed by atoms with van der Waals surface area (Å²) in [4.78, 5) is 24.8. The number of anilines is 1. The van der Waals surface area contributed by atoms with Crippen molar-refractivity contribution in [1.82, 2.24) is 5.32 Å². The first-order valence-electron chi connectivity index (χ1n) is 7.77. The van der Waals surface area contributed by atoms with Gasteiger partial charge in [-0.25, -0.2) is 0 Å². The molecular formula is C17H23ClN2O2. The fourth-order valence-corrected chi connectivity index (χ4v) is 2.66. The van der Waals surface area contributed by atoms with E-state index in [9.17, 15) is 9.59 Å². The number of benzene rings is 1. The molecule has 0 radical (unpaired) electrons. The summed E-state index contributed by atoms with van der Waals surface area (Å²) in [5.41, 5.74) is -0.482. The van der Waals surface area contributed by atoms with Crippen LogP contribution in [0.2, 0.25) is 5.02 Å². The van der Waals surface area contributed by atoms with Crippen LogP contribution in [0.3, 0.4) is 0 Å². The summed E-state index contributed by atoms with van der Waals surface area (Å²) in [6.45, 7) is 3.30. The van der Waals surface area contributed by atoms with Gasteiger partial charge in [0.25, 0.3) is 0 Å². The molecular weight excluding hydrogens is 300 g/mol. The van der Waals surface area contributed by atoms with Crippen LogP contribution in [0.1, 0.15) is 46.0 Å². The van der Waals surface area contributed by atoms with Crippen molar-refractivity contribution in [3.05, 3.63) is 29.3 Å². The summed E-state index contributed by atoms with van der Waals surface area (Å²) in [5.74, 6) is -0.533. The van der Waals surface area contributed by atoms with Crippen LogP contribution in [0.4, 0.5) is 5.69 Å². The molecule has 0 atom stereocenters. The van der Waals surface area contributed by atoms with Crippen molar-refractivity contribution < 1.29 is 9.59 Å². The van der Waals surface area contributed by atoms with Gasteiger partial charge in [-0.3, -0.25) is 9.59 Å². The summed E-state index contributed by atoms with van der Waals surface area (Å²) in [7, 11) is 0. The van der Waals surface area contributed by atoms with Crippen LogP contribution in [-0.4, -0.2) is 17.9 Å². The van der Waals surface area contributed by atoms with Crippen molar-refractivity contribution in [1.29, 1.82) is 0 Å². The third-order valence-electron chi connectivity index (χ3n) is 4.18. The molecule has 0 spiro atoms. The van der Waals surface area contributed by atoms with Gasteiger partial charge in [-0.15, -0.1) is 0 Å². The van der Waals surface area contributed by atoms with Gasteiger partial charge >= 0.3 is 0 Å². The molecule has 0 saturated heterocycles. The zero-order chi connectivity index (χ0) is 16.2. The Labute approximate surface area is 136 Å². The van der Waals surface area contributed by atoms with Gasteiger partial charge in [0.1, 0.15) is 5.41 Å². The molecule has 4 nitrogen and oxygen atoms in total. The molecule has 0 aromatic heterocycles. The normalized spacial score (nSPS) is 16.1. The van der Waals surface area contributed by atoms with E-state index in [1.165, 1.54) is 6.42 Å². The van der Waals surface area contributed by atoms with Crippen LogP contribution in [-0.2, 0) is 9.59 Å². The number of carbonyl (C=O) groups excluding carboxylic acids is 2. The molecule has 5 heteroatoms. The highest BCUT2D eigenvalue weighted by molar-refractivity contribution is 6.30. The van der Waals surface area contributed by atoms with Crippen molar-refractivity contribution >= 4 is 29.1 Å². The first-order chi connectivity index (χ1) is 10.4. The average Bonchev–Trinajstić information content (AvgIpc) is 2.50. The Kier molecular flexibility index (Phi) is 5.46. The van der Waals surface area contributed by atoms with Crippen LogP contribution in [0.25, 0.3) is 0 Å². The molecule has 2 N–H and O–H groups in total. The molecule has 1 saturated carbocycles. The predicted octanol–water partition coefficient (Wildman–Crippen LogP) is 3.75. The van der Waals surface area contributed by atoms with Crippen LogP contribution in [0.15, 0.2) is 24.3 Å². The molecule has 2 rings (SSSR count). The molecule has 22 heavy (non-hydrogen) atoms. The Morgan fingerprint density at radius 1 is 1.05 bits per heavy atom. The topological polar surface area (TPSA) is 58.2 Å². The Bertz CT molecular complexity index is 534. The van der Waals surface area contributed by atoms with E-state index in [1.807, 2.05) is 0 Å². The van der Waals surface area contributed by atoms with Gasteiger partial charge in [-0.2, -0.15) is 0 Å². The monoisotopic (exact) mass is 322 g/mol. The molecule has 1 aliphatic carbocycles. The first-order valence-corrected chi connectivity index (χ1v) is 8.15. The van der Waals surface area contributed by atoms with E-state index in [0.717, 1.165) is 25.7 Å². The second-order valence-electron chi connectivity index (χ2n) is 6.39. The van der Waals surface area contributed by atoms with Gasteiger partial charge in [-0.1, -0.05) is 30.9 Å².